The molecular weight excluding hydrogens is 267 g/mol. The highest BCUT2D eigenvalue weighted by Crippen LogP contribution is 2.53. The minimum absolute atomic E-state index is 0.269. The van der Waals surface area contributed by atoms with Crippen molar-refractivity contribution < 1.29 is 30.7 Å². The van der Waals surface area contributed by atoms with Crippen molar-refractivity contribution in [2.24, 2.45) is 0 Å². The Morgan fingerprint density at radius 2 is 1.17 bits per heavy atom. The second-order valence-electron chi connectivity index (χ2n) is 3.48. The zero-order chi connectivity index (χ0) is 14.2. The topological polar surface area (TPSA) is 12.0 Å². The molecule has 0 atom stereocenters. The molecule has 0 saturated heterocycles. The van der Waals surface area contributed by atoms with Crippen LogP contribution in [0.4, 0.5) is 36.4 Å². The SMILES string of the molecule is CNc1ccc(C(F)(C(F)(F)F)C(F)(F)F)cc1. The second-order valence-corrected chi connectivity index (χ2v) is 3.48. The molecule has 0 heterocycles. The number of alkyl halides is 7. The maximum atomic E-state index is 13.5. The van der Waals surface area contributed by atoms with Gasteiger partial charge in [0.25, 0.3) is 0 Å². The van der Waals surface area contributed by atoms with Crippen molar-refractivity contribution in [1.29, 1.82) is 0 Å². The van der Waals surface area contributed by atoms with Gasteiger partial charge in [0.2, 0.25) is 0 Å². The molecule has 0 fully saturated rings. The van der Waals surface area contributed by atoms with E-state index in [0.29, 0.717) is 12.1 Å². The number of hydrogen-bond acceptors (Lipinski definition) is 1. The summed E-state index contributed by atoms with van der Waals surface area (Å²) in [5.41, 5.74) is -6.60. The fourth-order valence-electron chi connectivity index (χ4n) is 1.35. The molecule has 1 aromatic rings. The van der Waals surface area contributed by atoms with Crippen LogP contribution < -0.4 is 5.32 Å². The molecule has 0 aromatic heterocycles. The average molecular weight is 275 g/mol. The van der Waals surface area contributed by atoms with E-state index in [2.05, 4.69) is 5.32 Å². The predicted molar refractivity (Wildman–Crippen MR) is 50.9 cm³/mol. The zero-order valence-corrected chi connectivity index (χ0v) is 8.96. The summed E-state index contributed by atoms with van der Waals surface area (Å²) in [6, 6.07) is 2.77. The smallest absolute Gasteiger partial charge is 0.388 e. The van der Waals surface area contributed by atoms with Crippen molar-refractivity contribution >= 4 is 5.69 Å². The molecule has 0 aliphatic heterocycles. The highest BCUT2D eigenvalue weighted by atomic mass is 19.4. The van der Waals surface area contributed by atoms with Gasteiger partial charge >= 0.3 is 18.0 Å². The lowest BCUT2D eigenvalue weighted by Crippen LogP contribution is -2.50. The van der Waals surface area contributed by atoms with Crippen LogP contribution in [0.3, 0.4) is 0 Å². The number of halogens is 7. The zero-order valence-electron chi connectivity index (χ0n) is 8.96. The molecule has 0 spiro atoms. The molecule has 0 radical (unpaired) electrons. The molecule has 1 aromatic carbocycles. The maximum absolute atomic E-state index is 13.5. The summed E-state index contributed by atoms with van der Waals surface area (Å²) >= 11 is 0. The van der Waals surface area contributed by atoms with Crippen molar-refractivity contribution in [3.8, 4) is 0 Å². The van der Waals surface area contributed by atoms with Crippen molar-refractivity contribution in [2.45, 2.75) is 18.0 Å². The Bertz CT molecular complexity index is 390. The van der Waals surface area contributed by atoms with Gasteiger partial charge in [-0.25, -0.2) is 4.39 Å². The monoisotopic (exact) mass is 275 g/mol. The Labute approximate surface area is 97.6 Å². The van der Waals surface area contributed by atoms with Gasteiger partial charge in [-0.15, -0.1) is 0 Å². The fourth-order valence-corrected chi connectivity index (χ4v) is 1.35. The van der Waals surface area contributed by atoms with Gasteiger partial charge in [0.15, 0.2) is 0 Å². The molecule has 0 bridgehead atoms. The van der Waals surface area contributed by atoms with Gasteiger partial charge in [-0.1, -0.05) is 12.1 Å². The highest BCUT2D eigenvalue weighted by molar-refractivity contribution is 5.45. The van der Waals surface area contributed by atoms with E-state index < -0.39 is 23.6 Å². The van der Waals surface area contributed by atoms with Gasteiger partial charge in [0, 0.05) is 18.3 Å². The molecule has 1 N–H and O–H groups in total. The number of hydrogen-bond donors (Lipinski definition) is 1. The number of benzene rings is 1. The Kier molecular flexibility index (Phi) is 3.51. The number of rotatable bonds is 2. The molecule has 0 aliphatic carbocycles. The quantitative estimate of drug-likeness (QED) is 0.804. The molecule has 0 unspecified atom stereocenters. The van der Waals surface area contributed by atoms with Crippen molar-refractivity contribution in [1.82, 2.24) is 0 Å². The number of nitrogens with one attached hydrogen (secondary N) is 1. The molecule has 0 saturated carbocycles. The molecule has 8 heteroatoms. The van der Waals surface area contributed by atoms with Crippen molar-refractivity contribution in [3.05, 3.63) is 29.8 Å². The minimum Gasteiger partial charge on any atom is -0.388 e. The van der Waals surface area contributed by atoms with Crippen LogP contribution in [0.1, 0.15) is 5.56 Å². The highest BCUT2D eigenvalue weighted by Gasteiger charge is 2.73. The molecule has 18 heavy (non-hydrogen) atoms. The van der Waals surface area contributed by atoms with E-state index >= 15 is 0 Å². The Balaban J connectivity index is 3.36. The van der Waals surface area contributed by atoms with Crippen LogP contribution in [-0.2, 0) is 5.67 Å². The maximum Gasteiger partial charge on any atom is 0.435 e. The first-order valence-electron chi connectivity index (χ1n) is 4.64. The summed E-state index contributed by atoms with van der Waals surface area (Å²) in [4.78, 5) is 0. The standard InChI is InChI=1S/C10H8F7N/c1-18-7-4-2-6(3-5-7)8(11,9(12,13)14)10(15,16)17/h2-5,18H,1H3. The first-order chi connectivity index (χ1) is 8.04. The van der Waals surface area contributed by atoms with Crippen molar-refractivity contribution in [3.63, 3.8) is 0 Å². The second kappa shape index (κ2) is 4.33. The first kappa shape index (κ1) is 14.6. The summed E-state index contributed by atoms with van der Waals surface area (Å²) in [6.07, 6.45) is -12.2. The van der Waals surface area contributed by atoms with E-state index in [9.17, 15) is 30.7 Å². The van der Waals surface area contributed by atoms with Crippen LogP contribution >= 0.6 is 0 Å². The lowest BCUT2D eigenvalue weighted by Gasteiger charge is -2.30. The van der Waals surface area contributed by atoms with Crippen LogP contribution in [0.5, 0.6) is 0 Å². The predicted octanol–water partition coefficient (Wildman–Crippen LogP) is 4.02. The van der Waals surface area contributed by atoms with E-state index in [1.54, 1.807) is 0 Å². The fraction of sp³-hybridized carbons (Fsp3) is 0.400. The van der Waals surface area contributed by atoms with E-state index in [1.165, 1.54) is 7.05 Å². The summed E-state index contributed by atoms with van der Waals surface area (Å²) < 4.78 is 87.6. The van der Waals surface area contributed by atoms with Gasteiger partial charge in [-0.05, 0) is 12.1 Å². The van der Waals surface area contributed by atoms with Crippen LogP contribution in [0, 0.1) is 0 Å². The molecular formula is C10H8F7N. The molecule has 0 amide bonds. The molecule has 0 aliphatic rings. The Morgan fingerprint density at radius 3 is 1.44 bits per heavy atom. The van der Waals surface area contributed by atoms with E-state index in [0.717, 1.165) is 12.1 Å². The summed E-state index contributed by atoms with van der Waals surface area (Å²) in [6.45, 7) is 0. The third kappa shape index (κ3) is 2.23. The van der Waals surface area contributed by atoms with Crippen LogP contribution in [-0.4, -0.2) is 19.4 Å². The third-order valence-electron chi connectivity index (χ3n) is 2.35. The average Bonchev–Trinajstić information content (AvgIpc) is 2.25. The van der Waals surface area contributed by atoms with Crippen LogP contribution in [0.25, 0.3) is 0 Å². The van der Waals surface area contributed by atoms with Gasteiger partial charge in [0.05, 0.1) is 0 Å². The van der Waals surface area contributed by atoms with E-state index in [-0.39, 0.29) is 5.69 Å². The van der Waals surface area contributed by atoms with Crippen molar-refractivity contribution in [2.75, 3.05) is 12.4 Å². The normalized spacial score (nSPS) is 13.6. The number of anilines is 1. The lowest BCUT2D eigenvalue weighted by atomic mass is 9.94. The summed E-state index contributed by atoms with van der Waals surface area (Å²) in [7, 11) is 1.42. The minimum atomic E-state index is -6.08. The van der Waals surface area contributed by atoms with Gasteiger partial charge in [-0.2, -0.15) is 26.3 Å². The van der Waals surface area contributed by atoms with E-state index in [1.807, 2.05) is 0 Å². The Morgan fingerprint density at radius 1 is 0.778 bits per heavy atom. The Hall–Kier alpha value is -1.47. The summed E-state index contributed by atoms with van der Waals surface area (Å²) in [5.74, 6) is 0. The lowest BCUT2D eigenvalue weighted by molar-refractivity contribution is -0.348. The van der Waals surface area contributed by atoms with Gasteiger partial charge in [-0.3, -0.25) is 0 Å². The summed E-state index contributed by atoms with van der Waals surface area (Å²) in [5, 5.41) is 2.50. The molecule has 1 rings (SSSR count). The third-order valence-corrected chi connectivity index (χ3v) is 2.35. The van der Waals surface area contributed by atoms with E-state index in [4.69, 9.17) is 0 Å². The van der Waals surface area contributed by atoms with Gasteiger partial charge < -0.3 is 5.32 Å². The molecule has 1 nitrogen and oxygen atoms in total. The molecule has 102 valence electrons. The largest absolute Gasteiger partial charge is 0.435 e. The van der Waals surface area contributed by atoms with Gasteiger partial charge in [0.1, 0.15) is 0 Å². The van der Waals surface area contributed by atoms with Crippen LogP contribution in [0.15, 0.2) is 24.3 Å². The first-order valence-corrected chi connectivity index (χ1v) is 4.64. The van der Waals surface area contributed by atoms with Crippen LogP contribution in [0.2, 0.25) is 0 Å².